The first-order chi connectivity index (χ1) is 9.31. The Balaban J connectivity index is 0. The van der Waals surface area contributed by atoms with E-state index in [1.807, 2.05) is 27.7 Å². The Morgan fingerprint density at radius 2 is 1.75 bits per heavy atom. The molecule has 1 heterocycles. The molecule has 0 fully saturated rings. The van der Waals surface area contributed by atoms with Gasteiger partial charge in [0, 0.05) is 6.20 Å². The van der Waals surface area contributed by atoms with E-state index in [0.29, 0.717) is 21.8 Å². The molecule has 0 atom stereocenters. The molecular formula is C15H26N2O2S. The van der Waals surface area contributed by atoms with Gasteiger partial charge in [-0.15, -0.1) is 0 Å². The topological polar surface area (TPSA) is 59.1 Å². The summed E-state index contributed by atoms with van der Waals surface area (Å²) in [6, 6.07) is 3.50. The van der Waals surface area contributed by atoms with Gasteiger partial charge in [-0.25, -0.2) is 8.42 Å². The first-order valence-corrected chi connectivity index (χ1v) is 8.48. The fourth-order valence-electron chi connectivity index (χ4n) is 1.19. The second kappa shape index (κ2) is 10.2. The Bertz CT molecular complexity index is 620. The molecule has 0 unspecified atom stereocenters. The second-order valence-corrected chi connectivity index (χ2v) is 5.29. The Kier molecular flexibility index (Phi) is 10.6. The average Bonchev–Trinajstić information content (AvgIpc) is 2.40. The van der Waals surface area contributed by atoms with Crippen molar-refractivity contribution in [2.45, 2.75) is 34.6 Å². The summed E-state index contributed by atoms with van der Waals surface area (Å²) in [6.07, 6.45) is 2.67. The molecule has 1 aromatic rings. The number of sulfonamides is 1. The summed E-state index contributed by atoms with van der Waals surface area (Å²) >= 11 is 0. The van der Waals surface area contributed by atoms with E-state index in [4.69, 9.17) is 0 Å². The van der Waals surface area contributed by atoms with Crippen LogP contribution in [0.4, 0.5) is 0 Å². The smallest absolute Gasteiger partial charge is 0.229 e. The number of hydrogen-bond acceptors (Lipinski definition) is 3. The molecule has 0 amide bonds. The highest BCUT2D eigenvalue weighted by Crippen LogP contribution is 2.01. The molecule has 5 heteroatoms. The highest BCUT2D eigenvalue weighted by molar-refractivity contribution is 7.89. The fourth-order valence-corrected chi connectivity index (χ4v) is 1.83. The summed E-state index contributed by atoms with van der Waals surface area (Å²) in [5, 5.41) is 1.15. The SMILES string of the molecule is C=C(C)/C(NS(C)(=O)=O)=c1/ncccc1=C.CC.CC. The summed E-state index contributed by atoms with van der Waals surface area (Å²) in [6.45, 7) is 17.2. The number of hydrogen-bond donors (Lipinski definition) is 1. The van der Waals surface area contributed by atoms with E-state index < -0.39 is 10.0 Å². The summed E-state index contributed by atoms with van der Waals surface area (Å²) in [5.74, 6) is 0. The Labute approximate surface area is 123 Å². The largest absolute Gasteiger partial charge is 0.281 e. The minimum Gasteiger partial charge on any atom is -0.281 e. The molecule has 20 heavy (non-hydrogen) atoms. The van der Waals surface area contributed by atoms with Crippen LogP contribution in [0.2, 0.25) is 0 Å². The number of nitrogens with zero attached hydrogens (tertiary/aromatic N) is 1. The quantitative estimate of drug-likeness (QED) is 0.925. The molecule has 1 N–H and O–H groups in total. The molecule has 0 radical (unpaired) electrons. The zero-order chi connectivity index (χ0) is 16.3. The summed E-state index contributed by atoms with van der Waals surface area (Å²) < 4.78 is 24.8. The molecule has 0 saturated carbocycles. The van der Waals surface area contributed by atoms with Crippen molar-refractivity contribution < 1.29 is 8.42 Å². The predicted octanol–water partition coefficient (Wildman–Crippen LogP) is 1.78. The zero-order valence-corrected chi connectivity index (χ0v) is 14.1. The van der Waals surface area contributed by atoms with Gasteiger partial charge in [-0.3, -0.25) is 9.71 Å². The van der Waals surface area contributed by atoms with Gasteiger partial charge in [0.2, 0.25) is 10.0 Å². The van der Waals surface area contributed by atoms with Gasteiger partial charge in [0.15, 0.2) is 0 Å². The fraction of sp³-hybridized carbons (Fsp3) is 0.400. The minimum atomic E-state index is -3.35. The van der Waals surface area contributed by atoms with Crippen LogP contribution in [0, 0.1) is 0 Å². The van der Waals surface area contributed by atoms with Crippen LogP contribution in [0.1, 0.15) is 34.6 Å². The maximum atomic E-state index is 11.2. The summed E-state index contributed by atoms with van der Waals surface area (Å²) in [7, 11) is -3.35. The normalized spacial score (nSPS) is 11.1. The number of aromatic nitrogens is 1. The molecule has 0 aliphatic carbocycles. The maximum Gasteiger partial charge on any atom is 0.229 e. The lowest BCUT2D eigenvalue weighted by Gasteiger charge is -2.08. The van der Waals surface area contributed by atoms with Crippen molar-refractivity contribution in [3.63, 3.8) is 0 Å². The van der Waals surface area contributed by atoms with Gasteiger partial charge < -0.3 is 0 Å². The lowest BCUT2D eigenvalue weighted by atomic mass is 10.2. The van der Waals surface area contributed by atoms with E-state index in [2.05, 4.69) is 22.9 Å². The molecule has 0 bridgehead atoms. The molecular weight excluding hydrogens is 272 g/mol. The predicted molar refractivity (Wildman–Crippen MR) is 87.9 cm³/mol. The van der Waals surface area contributed by atoms with E-state index in [1.54, 1.807) is 25.3 Å². The third kappa shape index (κ3) is 7.74. The molecule has 0 saturated heterocycles. The van der Waals surface area contributed by atoms with Gasteiger partial charge >= 0.3 is 0 Å². The standard InChI is InChI=1S/C11H14N2O2S.2C2H6/c1-8(2)10(13-16(4,14)15)11-9(3)6-5-7-12-11;2*1-2/h5-7,13H,1,3H2,2,4H3;2*1-2H3/b11-10-;;. The molecule has 4 nitrogen and oxygen atoms in total. The lowest BCUT2D eigenvalue weighted by Crippen LogP contribution is -2.36. The van der Waals surface area contributed by atoms with E-state index >= 15 is 0 Å². The van der Waals surface area contributed by atoms with Gasteiger partial charge in [0.05, 0.1) is 17.3 Å². The van der Waals surface area contributed by atoms with Crippen LogP contribution in [0.15, 0.2) is 30.5 Å². The van der Waals surface area contributed by atoms with Crippen molar-refractivity contribution in [3.8, 4) is 0 Å². The second-order valence-electron chi connectivity index (χ2n) is 3.54. The van der Waals surface area contributed by atoms with E-state index in [-0.39, 0.29) is 0 Å². The summed E-state index contributed by atoms with van der Waals surface area (Å²) in [4.78, 5) is 4.10. The van der Waals surface area contributed by atoms with Gasteiger partial charge in [0.25, 0.3) is 0 Å². The maximum absolute atomic E-state index is 11.2. The molecule has 1 aromatic heterocycles. The van der Waals surface area contributed by atoms with Crippen LogP contribution in [-0.2, 0) is 10.0 Å². The number of pyridine rings is 1. The first-order valence-electron chi connectivity index (χ1n) is 6.59. The number of rotatable bonds is 3. The molecule has 0 spiro atoms. The molecule has 1 rings (SSSR count). The average molecular weight is 298 g/mol. The minimum absolute atomic E-state index is 0.383. The van der Waals surface area contributed by atoms with Crippen molar-refractivity contribution in [3.05, 3.63) is 41.0 Å². The van der Waals surface area contributed by atoms with Crippen molar-refractivity contribution in [1.29, 1.82) is 0 Å². The Hall–Kier alpha value is -1.62. The molecule has 0 aliphatic rings. The van der Waals surface area contributed by atoms with Crippen molar-refractivity contribution in [1.82, 2.24) is 9.71 Å². The van der Waals surface area contributed by atoms with Gasteiger partial charge in [-0.2, -0.15) is 0 Å². The van der Waals surface area contributed by atoms with Crippen LogP contribution in [0.5, 0.6) is 0 Å². The lowest BCUT2D eigenvalue weighted by molar-refractivity contribution is 0.597. The Morgan fingerprint density at radius 3 is 2.10 bits per heavy atom. The van der Waals surface area contributed by atoms with E-state index in [1.165, 1.54) is 0 Å². The Morgan fingerprint density at radius 1 is 1.25 bits per heavy atom. The highest BCUT2D eigenvalue weighted by Gasteiger charge is 2.07. The third-order valence-corrected chi connectivity index (χ3v) is 2.42. The number of nitrogens with one attached hydrogen (secondary N) is 1. The van der Waals surface area contributed by atoms with Crippen molar-refractivity contribution >= 4 is 22.3 Å². The molecule has 0 aliphatic heterocycles. The molecule has 0 aromatic carbocycles. The van der Waals surface area contributed by atoms with E-state index in [9.17, 15) is 8.42 Å². The van der Waals surface area contributed by atoms with Crippen LogP contribution in [0.3, 0.4) is 0 Å². The van der Waals surface area contributed by atoms with Crippen molar-refractivity contribution in [2.24, 2.45) is 0 Å². The zero-order valence-electron chi connectivity index (χ0n) is 13.3. The van der Waals surface area contributed by atoms with Crippen molar-refractivity contribution in [2.75, 3.05) is 6.26 Å². The van der Waals surface area contributed by atoms with Crippen LogP contribution < -0.4 is 15.3 Å². The van der Waals surface area contributed by atoms with Crippen LogP contribution in [-0.4, -0.2) is 19.7 Å². The first kappa shape index (κ1) is 20.7. The van der Waals surface area contributed by atoms with Gasteiger partial charge in [-0.05, 0) is 23.8 Å². The van der Waals surface area contributed by atoms with Gasteiger partial charge in [0.1, 0.15) is 0 Å². The monoisotopic (exact) mass is 298 g/mol. The van der Waals surface area contributed by atoms with E-state index in [0.717, 1.165) is 6.26 Å². The van der Waals surface area contributed by atoms with Crippen LogP contribution in [0.25, 0.3) is 12.3 Å². The van der Waals surface area contributed by atoms with Gasteiger partial charge in [-0.1, -0.05) is 46.9 Å². The third-order valence-electron chi connectivity index (χ3n) is 1.84. The molecule has 114 valence electrons. The summed E-state index contributed by atoms with van der Waals surface area (Å²) in [5.41, 5.74) is 0.974. The van der Waals surface area contributed by atoms with Crippen LogP contribution >= 0.6 is 0 Å². The highest BCUT2D eigenvalue weighted by atomic mass is 32.2.